The fraction of sp³-hybridized carbons (Fsp3) is 0.500. The topological polar surface area (TPSA) is 78.7 Å². The highest BCUT2D eigenvalue weighted by Crippen LogP contribution is 2.37. The lowest BCUT2D eigenvalue weighted by molar-refractivity contribution is -0.115. The Morgan fingerprint density at radius 1 is 1.24 bits per heavy atom. The molecule has 2 aromatic heterocycles. The van der Waals surface area contributed by atoms with Crippen LogP contribution in [0.25, 0.3) is 0 Å². The number of nitrogens with zero attached hydrogens (tertiary/aromatic N) is 3. The number of fused-ring (bicyclic) bond motifs is 1. The molecule has 0 aromatic carbocycles. The number of hydrogen-bond donors (Lipinski definition) is 1. The van der Waals surface area contributed by atoms with E-state index in [0.29, 0.717) is 10.6 Å². The predicted molar refractivity (Wildman–Crippen MR) is 106 cm³/mol. The number of hydrogen-bond acceptors (Lipinski definition) is 8. The summed E-state index contributed by atoms with van der Waals surface area (Å²) in [6.45, 7) is 1.85. The zero-order valence-electron chi connectivity index (χ0n) is 14.0. The van der Waals surface area contributed by atoms with Crippen LogP contribution in [0.15, 0.2) is 8.68 Å². The van der Waals surface area contributed by atoms with Crippen molar-refractivity contribution in [3.8, 4) is 6.07 Å². The van der Waals surface area contributed by atoms with Gasteiger partial charge in [-0.1, -0.05) is 41.3 Å². The molecule has 3 rings (SSSR count). The number of anilines is 1. The molecule has 25 heavy (non-hydrogen) atoms. The molecule has 0 radical (unpaired) electrons. The predicted octanol–water partition coefficient (Wildman–Crippen LogP) is 4.58. The molecule has 1 atom stereocenters. The van der Waals surface area contributed by atoms with Gasteiger partial charge in [-0.05, 0) is 44.4 Å². The van der Waals surface area contributed by atoms with Crippen LogP contribution in [0.3, 0.4) is 0 Å². The summed E-state index contributed by atoms with van der Waals surface area (Å²) in [6.07, 6.45) is 7.39. The Balaban J connectivity index is 1.71. The molecule has 1 aliphatic rings. The van der Waals surface area contributed by atoms with Crippen LogP contribution in [0.4, 0.5) is 5.00 Å². The molecule has 0 saturated carbocycles. The molecule has 5 nitrogen and oxygen atoms in total. The monoisotopic (exact) mass is 410 g/mol. The van der Waals surface area contributed by atoms with Crippen molar-refractivity contribution >= 4 is 57.1 Å². The van der Waals surface area contributed by atoms with E-state index in [1.165, 1.54) is 34.4 Å². The van der Waals surface area contributed by atoms with Gasteiger partial charge in [0.2, 0.25) is 5.91 Å². The number of thiophene rings is 1. The van der Waals surface area contributed by atoms with Gasteiger partial charge in [-0.2, -0.15) is 5.26 Å². The maximum atomic E-state index is 12.6. The Morgan fingerprint density at radius 3 is 2.72 bits per heavy atom. The van der Waals surface area contributed by atoms with Gasteiger partial charge in [0.05, 0.1) is 10.8 Å². The second kappa shape index (κ2) is 8.54. The van der Waals surface area contributed by atoms with Crippen molar-refractivity contribution in [2.24, 2.45) is 0 Å². The Kier molecular flexibility index (Phi) is 6.39. The van der Waals surface area contributed by atoms with Crippen LogP contribution in [0.1, 0.15) is 42.2 Å². The first-order chi connectivity index (χ1) is 12.1. The molecular formula is C16H18N4OS4. The lowest BCUT2D eigenvalue weighted by atomic mass is 10.1. The van der Waals surface area contributed by atoms with E-state index < -0.39 is 0 Å². The summed E-state index contributed by atoms with van der Waals surface area (Å²) in [5.74, 6) is -0.0983. The van der Waals surface area contributed by atoms with Crippen molar-refractivity contribution in [1.82, 2.24) is 10.2 Å². The first-order valence-electron chi connectivity index (χ1n) is 8.02. The van der Waals surface area contributed by atoms with E-state index in [0.717, 1.165) is 39.9 Å². The third-order valence-electron chi connectivity index (χ3n) is 3.98. The van der Waals surface area contributed by atoms with Gasteiger partial charge in [0.25, 0.3) is 0 Å². The molecule has 0 unspecified atom stereocenters. The Hall–Kier alpha value is -1.08. The molecule has 0 spiro atoms. The minimum absolute atomic E-state index is 0.0983. The Bertz CT molecular complexity index is 808. The second-order valence-electron chi connectivity index (χ2n) is 5.67. The number of aromatic nitrogens is 2. The fourth-order valence-electron chi connectivity index (χ4n) is 2.69. The summed E-state index contributed by atoms with van der Waals surface area (Å²) in [5, 5.41) is 21.1. The van der Waals surface area contributed by atoms with Gasteiger partial charge < -0.3 is 5.32 Å². The van der Waals surface area contributed by atoms with Crippen molar-refractivity contribution in [1.29, 1.82) is 5.26 Å². The van der Waals surface area contributed by atoms with Gasteiger partial charge in [-0.25, -0.2) is 0 Å². The third-order valence-corrected chi connectivity index (χ3v) is 8.27. The summed E-state index contributed by atoms with van der Waals surface area (Å²) < 4.78 is 1.68. The number of rotatable bonds is 5. The zero-order valence-corrected chi connectivity index (χ0v) is 17.3. The molecule has 2 aromatic rings. The normalized spacial score (nSPS) is 15.1. The maximum Gasteiger partial charge on any atom is 0.238 e. The second-order valence-corrected chi connectivity index (χ2v) is 10.4. The lowest BCUT2D eigenvalue weighted by Gasteiger charge is -2.09. The molecule has 1 N–H and O–H groups in total. The number of thioether (sulfide) groups is 2. The summed E-state index contributed by atoms with van der Waals surface area (Å²) in [7, 11) is 0. The van der Waals surface area contributed by atoms with Crippen LogP contribution in [-0.4, -0.2) is 27.6 Å². The van der Waals surface area contributed by atoms with Crippen molar-refractivity contribution in [3.63, 3.8) is 0 Å². The molecular weight excluding hydrogens is 392 g/mol. The van der Waals surface area contributed by atoms with Crippen LogP contribution in [-0.2, 0) is 17.6 Å². The maximum absolute atomic E-state index is 12.6. The first-order valence-corrected chi connectivity index (χ1v) is 11.8. The lowest BCUT2D eigenvalue weighted by Crippen LogP contribution is -2.22. The SMILES string of the molecule is CSc1nnc(S[C@@H](C)C(=O)Nc2sc3c(c2C#N)CCCCC3)s1. The van der Waals surface area contributed by atoms with E-state index in [1.807, 2.05) is 13.2 Å². The van der Waals surface area contributed by atoms with E-state index in [1.54, 1.807) is 23.1 Å². The molecule has 0 aliphatic heterocycles. The highest BCUT2D eigenvalue weighted by Gasteiger charge is 2.23. The van der Waals surface area contributed by atoms with Crippen molar-refractivity contribution in [3.05, 3.63) is 16.0 Å². The molecule has 9 heteroatoms. The highest BCUT2D eigenvalue weighted by molar-refractivity contribution is 8.03. The smallest absolute Gasteiger partial charge is 0.238 e. The van der Waals surface area contributed by atoms with Gasteiger partial charge in [-0.15, -0.1) is 21.5 Å². The average molecular weight is 411 g/mol. The van der Waals surface area contributed by atoms with E-state index >= 15 is 0 Å². The van der Waals surface area contributed by atoms with Crippen molar-refractivity contribution < 1.29 is 4.79 Å². The van der Waals surface area contributed by atoms with Crippen LogP contribution < -0.4 is 5.32 Å². The third kappa shape index (κ3) is 4.37. The van der Waals surface area contributed by atoms with E-state index in [-0.39, 0.29) is 11.2 Å². The number of aryl methyl sites for hydroxylation is 1. The van der Waals surface area contributed by atoms with Gasteiger partial charge in [0, 0.05) is 4.88 Å². The minimum atomic E-state index is -0.295. The summed E-state index contributed by atoms with van der Waals surface area (Å²) in [6, 6.07) is 2.30. The number of carbonyl (C=O) groups excluding carboxylic acids is 1. The van der Waals surface area contributed by atoms with Crippen molar-refractivity contribution in [2.45, 2.75) is 53.0 Å². The van der Waals surface area contributed by atoms with Gasteiger partial charge >= 0.3 is 0 Å². The zero-order chi connectivity index (χ0) is 17.8. The molecule has 132 valence electrons. The molecule has 2 heterocycles. The van der Waals surface area contributed by atoms with E-state index in [2.05, 4.69) is 21.6 Å². The molecule has 0 bridgehead atoms. The molecule has 1 aliphatic carbocycles. The van der Waals surface area contributed by atoms with Crippen LogP contribution in [0, 0.1) is 11.3 Å². The van der Waals surface area contributed by atoms with E-state index in [9.17, 15) is 10.1 Å². The van der Waals surface area contributed by atoms with Crippen LogP contribution in [0.5, 0.6) is 0 Å². The number of nitrogens with one attached hydrogen (secondary N) is 1. The fourth-order valence-corrected chi connectivity index (χ4v) is 6.52. The summed E-state index contributed by atoms with van der Waals surface area (Å²) in [5.41, 5.74) is 1.81. The minimum Gasteiger partial charge on any atom is -0.316 e. The molecule has 0 fully saturated rings. The van der Waals surface area contributed by atoms with Gasteiger partial charge in [0.1, 0.15) is 11.1 Å². The number of amides is 1. The molecule has 1 amide bonds. The number of carbonyl (C=O) groups is 1. The van der Waals surface area contributed by atoms with Crippen LogP contribution >= 0.6 is 46.2 Å². The highest BCUT2D eigenvalue weighted by atomic mass is 32.2. The largest absolute Gasteiger partial charge is 0.316 e. The Morgan fingerprint density at radius 2 is 2.00 bits per heavy atom. The van der Waals surface area contributed by atoms with E-state index in [4.69, 9.17) is 0 Å². The van der Waals surface area contributed by atoms with Crippen molar-refractivity contribution in [2.75, 3.05) is 11.6 Å². The first kappa shape index (κ1) is 18.7. The average Bonchev–Trinajstić information content (AvgIpc) is 3.11. The number of nitriles is 1. The molecule has 0 saturated heterocycles. The van der Waals surface area contributed by atoms with Gasteiger partial charge in [0.15, 0.2) is 8.68 Å². The summed E-state index contributed by atoms with van der Waals surface area (Å²) in [4.78, 5) is 13.8. The quantitative estimate of drug-likeness (QED) is 0.574. The standard InChI is InChI=1S/C16H18N4OS4/c1-9(23-16-20-19-15(22-2)25-16)13(21)18-14-11(8-17)10-6-4-3-5-7-12(10)24-14/h9H,3-7H2,1-2H3,(H,18,21)/t9-/m0/s1. The Labute approximate surface area is 163 Å². The van der Waals surface area contributed by atoms with Gasteiger partial charge in [-0.3, -0.25) is 4.79 Å². The van der Waals surface area contributed by atoms with Crippen LogP contribution in [0.2, 0.25) is 0 Å². The summed E-state index contributed by atoms with van der Waals surface area (Å²) >= 11 is 6.00.